The Labute approximate surface area is 191 Å². The van der Waals surface area contributed by atoms with E-state index >= 15 is 0 Å². The molecule has 1 rings (SSSR count). The van der Waals surface area contributed by atoms with E-state index in [1.165, 1.54) is 24.3 Å². The highest BCUT2D eigenvalue weighted by Gasteiger charge is 2.18. The van der Waals surface area contributed by atoms with E-state index in [0.717, 1.165) is 25.7 Å². The first kappa shape index (κ1) is 28.0. The van der Waals surface area contributed by atoms with Crippen molar-refractivity contribution < 1.29 is 38.0 Å². The highest BCUT2D eigenvalue weighted by Crippen LogP contribution is 2.12. The van der Waals surface area contributed by atoms with Crippen LogP contribution in [0, 0.1) is 0 Å². The molecule has 0 aliphatic rings. The van der Waals surface area contributed by atoms with Gasteiger partial charge >= 0.3 is 11.9 Å². The van der Waals surface area contributed by atoms with Crippen LogP contribution in [0.3, 0.4) is 0 Å². The van der Waals surface area contributed by atoms with E-state index in [4.69, 9.17) is 28.4 Å². The number of hydrogen-bond acceptors (Lipinski definition) is 8. The largest absolute Gasteiger partial charge is 0.432 e. The Kier molecular flexibility index (Phi) is 13.8. The molecule has 0 bridgehead atoms. The lowest BCUT2D eigenvalue weighted by Gasteiger charge is -2.20. The summed E-state index contributed by atoms with van der Waals surface area (Å²) < 4.78 is 32.5. The van der Waals surface area contributed by atoms with Crippen LogP contribution in [0.2, 0.25) is 0 Å². The number of carbonyl (C=O) groups is 2. The molecule has 0 saturated heterocycles. The maximum absolute atomic E-state index is 12.3. The zero-order valence-electron chi connectivity index (χ0n) is 20.1. The van der Waals surface area contributed by atoms with E-state index in [1.54, 1.807) is 27.7 Å². The summed E-state index contributed by atoms with van der Waals surface area (Å²) in [6.07, 6.45) is 1.42. The minimum Gasteiger partial charge on any atom is -0.432 e. The molecule has 32 heavy (non-hydrogen) atoms. The molecule has 182 valence electrons. The Bertz CT molecular complexity index is 603. The molecule has 0 aromatic heterocycles. The van der Waals surface area contributed by atoms with Crippen LogP contribution in [0.5, 0.6) is 0 Å². The second kappa shape index (κ2) is 15.7. The van der Waals surface area contributed by atoms with E-state index in [1.807, 2.05) is 0 Å². The quantitative estimate of drug-likeness (QED) is 0.195. The summed E-state index contributed by atoms with van der Waals surface area (Å²) in [4.78, 5) is 24.6. The average molecular weight is 455 g/mol. The lowest BCUT2D eigenvalue weighted by atomic mass is 10.1. The molecule has 0 amide bonds. The SMILES string of the molecule is CCCCOC(C)OC(C)OC(=O)c1ccc(C(=O)OC(C)OC(C)OCCCC)cc1. The molecule has 8 heteroatoms. The van der Waals surface area contributed by atoms with Crippen molar-refractivity contribution in [3.05, 3.63) is 35.4 Å². The van der Waals surface area contributed by atoms with Crippen LogP contribution in [-0.2, 0) is 28.4 Å². The van der Waals surface area contributed by atoms with Gasteiger partial charge in [0.2, 0.25) is 12.6 Å². The summed E-state index contributed by atoms with van der Waals surface area (Å²) in [7, 11) is 0. The first-order valence-corrected chi connectivity index (χ1v) is 11.3. The van der Waals surface area contributed by atoms with Gasteiger partial charge in [0.15, 0.2) is 12.6 Å². The zero-order chi connectivity index (χ0) is 23.9. The van der Waals surface area contributed by atoms with E-state index in [9.17, 15) is 9.59 Å². The van der Waals surface area contributed by atoms with E-state index in [2.05, 4.69) is 13.8 Å². The fourth-order valence-corrected chi connectivity index (χ4v) is 2.64. The second-order valence-corrected chi connectivity index (χ2v) is 7.38. The standard InChI is InChI=1S/C24H38O8/c1-7-9-15-27-17(3)29-19(5)31-23(25)21-11-13-22(14-12-21)24(26)32-20(6)30-18(4)28-16-10-8-2/h11-14,17-20H,7-10,15-16H2,1-6H3. The zero-order valence-corrected chi connectivity index (χ0v) is 20.1. The van der Waals surface area contributed by atoms with E-state index < -0.39 is 37.1 Å². The summed E-state index contributed by atoms with van der Waals surface area (Å²) in [5.41, 5.74) is 0.581. The Hall–Kier alpha value is -2.00. The summed E-state index contributed by atoms with van der Waals surface area (Å²) in [5, 5.41) is 0. The lowest BCUT2D eigenvalue weighted by molar-refractivity contribution is -0.214. The molecular formula is C24H38O8. The van der Waals surface area contributed by atoms with Gasteiger partial charge in [-0.3, -0.25) is 0 Å². The molecular weight excluding hydrogens is 416 g/mol. The fourth-order valence-electron chi connectivity index (χ4n) is 2.64. The van der Waals surface area contributed by atoms with Gasteiger partial charge in [0.25, 0.3) is 0 Å². The van der Waals surface area contributed by atoms with Crippen LogP contribution in [0.1, 0.15) is 87.9 Å². The third kappa shape index (κ3) is 11.6. The summed E-state index contributed by atoms with van der Waals surface area (Å²) in [5.74, 6) is -1.12. The van der Waals surface area contributed by atoms with Gasteiger partial charge in [-0.25, -0.2) is 9.59 Å². The van der Waals surface area contributed by atoms with Crippen molar-refractivity contribution in [3.63, 3.8) is 0 Å². The van der Waals surface area contributed by atoms with Crippen molar-refractivity contribution >= 4 is 11.9 Å². The van der Waals surface area contributed by atoms with Gasteiger partial charge in [0, 0.05) is 13.2 Å². The molecule has 0 fully saturated rings. The fraction of sp³-hybridized carbons (Fsp3) is 0.667. The van der Waals surface area contributed by atoms with Gasteiger partial charge in [0.1, 0.15) is 0 Å². The highest BCUT2D eigenvalue weighted by molar-refractivity contribution is 5.93. The first-order chi connectivity index (χ1) is 15.3. The topological polar surface area (TPSA) is 89.5 Å². The number of hydrogen-bond donors (Lipinski definition) is 0. The summed E-state index contributed by atoms with van der Waals surface area (Å²) >= 11 is 0. The van der Waals surface area contributed by atoms with E-state index in [0.29, 0.717) is 24.3 Å². The maximum Gasteiger partial charge on any atom is 0.340 e. The highest BCUT2D eigenvalue weighted by atomic mass is 16.8. The normalized spacial score (nSPS) is 14.9. The number of ether oxygens (including phenoxy) is 6. The molecule has 4 unspecified atom stereocenters. The number of unbranched alkanes of at least 4 members (excludes halogenated alkanes) is 2. The molecule has 0 aliphatic carbocycles. The van der Waals surface area contributed by atoms with Crippen LogP contribution in [0.4, 0.5) is 0 Å². The van der Waals surface area contributed by atoms with Gasteiger partial charge in [-0.15, -0.1) is 0 Å². The minimum absolute atomic E-state index is 0.291. The number of rotatable bonds is 16. The molecule has 0 heterocycles. The molecule has 1 aromatic carbocycles. The average Bonchev–Trinajstić information content (AvgIpc) is 2.73. The predicted molar refractivity (Wildman–Crippen MR) is 119 cm³/mol. The van der Waals surface area contributed by atoms with Crippen LogP contribution in [-0.4, -0.2) is 50.3 Å². The van der Waals surface area contributed by atoms with Crippen molar-refractivity contribution in [1.29, 1.82) is 0 Å². The van der Waals surface area contributed by atoms with Gasteiger partial charge in [-0.05, 0) is 64.8 Å². The molecule has 0 N–H and O–H groups in total. The molecule has 4 atom stereocenters. The Morgan fingerprint density at radius 2 is 1.00 bits per heavy atom. The van der Waals surface area contributed by atoms with Crippen molar-refractivity contribution in [3.8, 4) is 0 Å². The van der Waals surface area contributed by atoms with Gasteiger partial charge in [0.05, 0.1) is 11.1 Å². The molecule has 8 nitrogen and oxygen atoms in total. The maximum atomic E-state index is 12.3. The first-order valence-electron chi connectivity index (χ1n) is 11.3. The Morgan fingerprint density at radius 3 is 1.31 bits per heavy atom. The Balaban J connectivity index is 2.46. The van der Waals surface area contributed by atoms with Crippen molar-refractivity contribution in [1.82, 2.24) is 0 Å². The number of esters is 2. The summed E-state index contributed by atoms with van der Waals surface area (Å²) in [6.45, 7) is 12.1. The van der Waals surface area contributed by atoms with Gasteiger partial charge in [-0.2, -0.15) is 0 Å². The third-order valence-electron chi connectivity index (χ3n) is 4.37. The lowest BCUT2D eigenvalue weighted by Crippen LogP contribution is -2.25. The van der Waals surface area contributed by atoms with Gasteiger partial charge in [-0.1, -0.05) is 26.7 Å². The van der Waals surface area contributed by atoms with Crippen LogP contribution >= 0.6 is 0 Å². The number of carbonyl (C=O) groups excluding carboxylic acids is 2. The second-order valence-electron chi connectivity index (χ2n) is 7.38. The third-order valence-corrected chi connectivity index (χ3v) is 4.37. The molecule has 0 radical (unpaired) electrons. The van der Waals surface area contributed by atoms with Crippen LogP contribution in [0.15, 0.2) is 24.3 Å². The van der Waals surface area contributed by atoms with Crippen molar-refractivity contribution in [2.75, 3.05) is 13.2 Å². The molecule has 0 spiro atoms. The van der Waals surface area contributed by atoms with Gasteiger partial charge < -0.3 is 28.4 Å². The minimum atomic E-state index is -0.775. The molecule has 1 aromatic rings. The van der Waals surface area contributed by atoms with Crippen LogP contribution < -0.4 is 0 Å². The molecule has 0 aliphatic heterocycles. The number of benzene rings is 1. The smallest absolute Gasteiger partial charge is 0.340 e. The molecule has 0 saturated carbocycles. The van der Waals surface area contributed by atoms with Crippen LogP contribution in [0.25, 0.3) is 0 Å². The monoisotopic (exact) mass is 454 g/mol. The summed E-state index contributed by atoms with van der Waals surface area (Å²) in [6, 6.07) is 5.98. The van der Waals surface area contributed by atoms with E-state index in [-0.39, 0.29) is 0 Å². The van der Waals surface area contributed by atoms with Crippen molar-refractivity contribution in [2.24, 2.45) is 0 Å². The predicted octanol–water partition coefficient (Wildman–Crippen LogP) is 5.05. The van der Waals surface area contributed by atoms with Crippen molar-refractivity contribution in [2.45, 2.75) is 92.4 Å². The Morgan fingerprint density at radius 1 is 0.656 bits per heavy atom.